The van der Waals surface area contributed by atoms with Crippen molar-refractivity contribution in [3.63, 3.8) is 0 Å². The van der Waals surface area contributed by atoms with E-state index in [9.17, 15) is 0 Å². The number of likely N-dealkylation sites (N-methyl/N-ethyl adjacent to an activating group) is 2. The molecule has 0 spiro atoms. The fourth-order valence-electron chi connectivity index (χ4n) is 3.87. The number of nitrogens with two attached hydrogens (primary N) is 1. The molecule has 0 radical (unpaired) electrons. The molecule has 1 heterocycles. The summed E-state index contributed by atoms with van der Waals surface area (Å²) in [6.07, 6.45) is 2.67. The molecule has 1 saturated heterocycles. The lowest BCUT2D eigenvalue weighted by Gasteiger charge is -2.49. The zero-order valence-corrected chi connectivity index (χ0v) is 13.2. The Kier molecular flexibility index (Phi) is 5.63. The summed E-state index contributed by atoms with van der Waals surface area (Å²) >= 11 is 0. The van der Waals surface area contributed by atoms with Gasteiger partial charge in [-0.1, -0.05) is 27.7 Å². The van der Waals surface area contributed by atoms with Gasteiger partial charge in [0.25, 0.3) is 0 Å². The topological polar surface area (TPSA) is 32.5 Å². The van der Waals surface area contributed by atoms with Crippen molar-refractivity contribution in [2.45, 2.75) is 52.1 Å². The van der Waals surface area contributed by atoms with E-state index >= 15 is 0 Å². The third kappa shape index (κ3) is 2.89. The second kappa shape index (κ2) is 6.36. The molecular weight excluding hydrogens is 222 g/mol. The summed E-state index contributed by atoms with van der Waals surface area (Å²) in [5.74, 6) is 1.17. The SMILES string of the molecule is CC(C)C(CN)(C(C)C)N(C)CC1CCCN1C. The van der Waals surface area contributed by atoms with Gasteiger partial charge in [-0.05, 0) is 45.3 Å². The largest absolute Gasteiger partial charge is 0.329 e. The highest BCUT2D eigenvalue weighted by molar-refractivity contribution is 4.97. The Hall–Kier alpha value is -0.120. The first kappa shape index (κ1) is 15.9. The van der Waals surface area contributed by atoms with Crippen molar-refractivity contribution in [1.29, 1.82) is 0 Å². The van der Waals surface area contributed by atoms with Crippen LogP contribution in [0.3, 0.4) is 0 Å². The van der Waals surface area contributed by atoms with Crippen LogP contribution in [-0.2, 0) is 0 Å². The average Bonchev–Trinajstić information content (AvgIpc) is 2.65. The molecule has 1 fully saturated rings. The zero-order valence-electron chi connectivity index (χ0n) is 13.2. The maximum atomic E-state index is 6.16. The van der Waals surface area contributed by atoms with Crippen molar-refractivity contribution in [1.82, 2.24) is 9.80 Å². The van der Waals surface area contributed by atoms with Gasteiger partial charge in [0.05, 0.1) is 0 Å². The van der Waals surface area contributed by atoms with E-state index in [0.29, 0.717) is 17.9 Å². The molecule has 0 amide bonds. The second-order valence-corrected chi connectivity index (χ2v) is 6.66. The van der Waals surface area contributed by atoms with Gasteiger partial charge in [0.15, 0.2) is 0 Å². The van der Waals surface area contributed by atoms with Crippen LogP contribution in [0.2, 0.25) is 0 Å². The quantitative estimate of drug-likeness (QED) is 0.788. The second-order valence-electron chi connectivity index (χ2n) is 6.66. The minimum absolute atomic E-state index is 0.128. The molecule has 1 atom stereocenters. The Bertz CT molecular complexity index is 242. The molecule has 0 aliphatic carbocycles. The highest BCUT2D eigenvalue weighted by atomic mass is 15.3. The predicted molar refractivity (Wildman–Crippen MR) is 79.7 cm³/mol. The van der Waals surface area contributed by atoms with Crippen LogP contribution in [0.5, 0.6) is 0 Å². The van der Waals surface area contributed by atoms with Crippen LogP contribution in [0, 0.1) is 11.8 Å². The van der Waals surface area contributed by atoms with E-state index < -0.39 is 0 Å². The molecule has 0 aromatic heterocycles. The number of hydrogen-bond donors (Lipinski definition) is 1. The fourth-order valence-corrected chi connectivity index (χ4v) is 3.87. The van der Waals surface area contributed by atoms with E-state index in [1.165, 1.54) is 19.4 Å². The molecule has 0 aromatic carbocycles. The molecular formula is C15H33N3. The van der Waals surface area contributed by atoms with E-state index in [1.54, 1.807) is 0 Å². The maximum absolute atomic E-state index is 6.16. The van der Waals surface area contributed by atoms with E-state index in [1.807, 2.05) is 0 Å². The van der Waals surface area contributed by atoms with Crippen molar-refractivity contribution < 1.29 is 0 Å². The molecule has 3 nitrogen and oxygen atoms in total. The van der Waals surface area contributed by atoms with Crippen LogP contribution in [0.25, 0.3) is 0 Å². The lowest BCUT2D eigenvalue weighted by Crippen LogP contribution is -2.61. The van der Waals surface area contributed by atoms with Crippen molar-refractivity contribution >= 4 is 0 Å². The first-order valence-corrected chi connectivity index (χ1v) is 7.47. The molecule has 1 aliphatic heterocycles. The zero-order chi connectivity index (χ0) is 13.9. The molecule has 0 bridgehead atoms. The molecule has 0 saturated carbocycles. The number of rotatable bonds is 6. The van der Waals surface area contributed by atoms with Crippen LogP contribution < -0.4 is 5.73 Å². The third-order valence-electron chi connectivity index (χ3n) is 5.19. The van der Waals surface area contributed by atoms with Crippen molar-refractivity contribution in [3.05, 3.63) is 0 Å². The van der Waals surface area contributed by atoms with Crippen molar-refractivity contribution in [3.8, 4) is 0 Å². The summed E-state index contributed by atoms with van der Waals surface area (Å²) in [6, 6.07) is 0.707. The molecule has 1 rings (SSSR count). The average molecular weight is 255 g/mol. The van der Waals surface area contributed by atoms with Crippen LogP contribution in [0.4, 0.5) is 0 Å². The van der Waals surface area contributed by atoms with Gasteiger partial charge in [-0.2, -0.15) is 0 Å². The van der Waals surface area contributed by atoms with E-state index in [-0.39, 0.29) is 5.54 Å². The molecule has 108 valence electrons. The van der Waals surface area contributed by atoms with Gasteiger partial charge in [0.2, 0.25) is 0 Å². The monoisotopic (exact) mass is 255 g/mol. The predicted octanol–water partition coefficient (Wildman–Crippen LogP) is 2.02. The highest BCUT2D eigenvalue weighted by Crippen LogP contribution is 2.32. The number of likely N-dealkylation sites (tertiary alicyclic amines) is 1. The van der Waals surface area contributed by atoms with Crippen molar-refractivity contribution in [2.24, 2.45) is 17.6 Å². The molecule has 2 N–H and O–H groups in total. The standard InChI is InChI=1S/C15H33N3/c1-12(2)15(11-16,13(3)4)18(6)10-14-8-7-9-17(14)5/h12-14H,7-11,16H2,1-6H3. The van der Waals surface area contributed by atoms with Gasteiger partial charge in [-0.3, -0.25) is 4.90 Å². The van der Waals surface area contributed by atoms with Gasteiger partial charge >= 0.3 is 0 Å². The van der Waals surface area contributed by atoms with E-state index in [2.05, 4.69) is 51.6 Å². The summed E-state index contributed by atoms with van der Waals surface area (Å²) in [5.41, 5.74) is 6.29. The van der Waals surface area contributed by atoms with Crippen LogP contribution >= 0.6 is 0 Å². The van der Waals surface area contributed by atoms with Crippen LogP contribution in [0.15, 0.2) is 0 Å². The Morgan fingerprint density at radius 1 is 1.28 bits per heavy atom. The number of nitrogens with zero attached hydrogens (tertiary/aromatic N) is 2. The summed E-state index contributed by atoms with van der Waals surface area (Å²) < 4.78 is 0. The normalized spacial score (nSPS) is 22.7. The summed E-state index contributed by atoms with van der Waals surface area (Å²) in [4.78, 5) is 5.03. The van der Waals surface area contributed by atoms with Gasteiger partial charge in [-0.15, -0.1) is 0 Å². The van der Waals surface area contributed by atoms with E-state index in [4.69, 9.17) is 5.73 Å². The Balaban J connectivity index is 2.79. The van der Waals surface area contributed by atoms with Crippen molar-refractivity contribution in [2.75, 3.05) is 33.7 Å². The van der Waals surface area contributed by atoms with E-state index in [0.717, 1.165) is 13.1 Å². The first-order valence-electron chi connectivity index (χ1n) is 7.47. The third-order valence-corrected chi connectivity index (χ3v) is 5.19. The summed E-state index contributed by atoms with van der Waals surface area (Å²) in [7, 11) is 4.51. The van der Waals surface area contributed by atoms with Crippen LogP contribution in [-0.4, -0.2) is 55.1 Å². The Morgan fingerprint density at radius 2 is 1.83 bits per heavy atom. The Morgan fingerprint density at radius 3 is 2.17 bits per heavy atom. The molecule has 18 heavy (non-hydrogen) atoms. The molecule has 1 aliphatic rings. The lowest BCUT2D eigenvalue weighted by molar-refractivity contribution is 0.0173. The Labute approximate surface area is 114 Å². The first-order chi connectivity index (χ1) is 8.36. The summed E-state index contributed by atoms with van der Waals surface area (Å²) in [5, 5.41) is 0. The maximum Gasteiger partial charge on any atom is 0.0374 e. The lowest BCUT2D eigenvalue weighted by atomic mass is 9.75. The number of hydrogen-bond acceptors (Lipinski definition) is 3. The van der Waals surface area contributed by atoms with Gasteiger partial charge in [0.1, 0.15) is 0 Å². The molecule has 3 heteroatoms. The van der Waals surface area contributed by atoms with Gasteiger partial charge in [-0.25, -0.2) is 0 Å². The highest BCUT2D eigenvalue weighted by Gasteiger charge is 2.40. The van der Waals surface area contributed by atoms with Gasteiger partial charge in [0, 0.05) is 24.7 Å². The molecule has 0 aromatic rings. The molecule has 1 unspecified atom stereocenters. The fraction of sp³-hybridized carbons (Fsp3) is 1.00. The minimum Gasteiger partial charge on any atom is -0.329 e. The van der Waals surface area contributed by atoms with Crippen LogP contribution in [0.1, 0.15) is 40.5 Å². The summed E-state index contributed by atoms with van der Waals surface area (Å²) in [6.45, 7) is 12.4. The smallest absolute Gasteiger partial charge is 0.0374 e. The minimum atomic E-state index is 0.128. The van der Waals surface area contributed by atoms with Gasteiger partial charge < -0.3 is 10.6 Å².